The fraction of sp³-hybridized carbons (Fsp3) is 0.571. The monoisotopic (exact) mass is 299 g/mol. The maximum absolute atomic E-state index is 12.5. The predicted octanol–water partition coefficient (Wildman–Crippen LogP) is 1.62. The Morgan fingerprint density at radius 3 is 2.45 bits per heavy atom. The molecule has 0 unspecified atom stereocenters. The van der Waals surface area contributed by atoms with Crippen LogP contribution in [0.2, 0.25) is 0 Å². The molecule has 2 rings (SSSR count). The third-order valence-electron chi connectivity index (χ3n) is 3.27. The largest absolute Gasteiger partial charge is 0.494 e. The second-order valence-electron chi connectivity index (χ2n) is 4.84. The van der Waals surface area contributed by atoms with Gasteiger partial charge in [0.1, 0.15) is 5.75 Å². The Morgan fingerprint density at radius 1 is 1.30 bits per heavy atom. The van der Waals surface area contributed by atoms with Gasteiger partial charge in [-0.15, -0.1) is 0 Å². The molecule has 0 aliphatic heterocycles. The zero-order chi connectivity index (χ0) is 14.6. The van der Waals surface area contributed by atoms with Crippen LogP contribution in [0.15, 0.2) is 29.2 Å². The molecule has 0 heterocycles. The van der Waals surface area contributed by atoms with E-state index in [0.29, 0.717) is 30.2 Å². The van der Waals surface area contributed by atoms with Crippen molar-refractivity contribution in [3.05, 3.63) is 24.3 Å². The van der Waals surface area contributed by atoms with Crippen LogP contribution in [-0.2, 0) is 10.0 Å². The topological polar surface area (TPSA) is 66.8 Å². The van der Waals surface area contributed by atoms with E-state index in [9.17, 15) is 8.42 Å². The summed E-state index contributed by atoms with van der Waals surface area (Å²) < 4.78 is 31.9. The van der Waals surface area contributed by atoms with Gasteiger partial charge in [0, 0.05) is 25.6 Å². The molecule has 6 heteroatoms. The molecule has 0 spiro atoms. The molecule has 0 saturated heterocycles. The number of benzene rings is 1. The van der Waals surface area contributed by atoms with Crippen molar-refractivity contribution in [3.8, 4) is 5.75 Å². The lowest BCUT2D eigenvalue weighted by atomic mass is 10.3. The second kappa shape index (κ2) is 6.56. The molecule has 0 radical (unpaired) electrons. The van der Waals surface area contributed by atoms with Crippen LogP contribution in [0.3, 0.4) is 0 Å². The molecule has 1 aliphatic carbocycles. The summed E-state index contributed by atoms with van der Waals surface area (Å²) in [6.07, 6.45) is 2.47. The Labute approximate surface area is 120 Å². The lowest BCUT2D eigenvalue weighted by molar-refractivity contribution is 0.233. The summed E-state index contributed by atoms with van der Waals surface area (Å²) in [6, 6.07) is 6.64. The number of hydrogen-bond acceptors (Lipinski definition) is 4. The highest BCUT2D eigenvalue weighted by Gasteiger charge is 2.36. The molecule has 1 aromatic carbocycles. The summed E-state index contributed by atoms with van der Waals surface area (Å²) in [5.74, 6) is 0.617. The maximum Gasteiger partial charge on any atom is 0.243 e. The first-order valence-corrected chi connectivity index (χ1v) is 8.39. The second-order valence-corrected chi connectivity index (χ2v) is 6.73. The number of nitrogens with zero attached hydrogens (tertiary/aromatic N) is 1. The van der Waals surface area contributed by atoms with Gasteiger partial charge in [-0.3, -0.25) is 0 Å². The molecule has 1 N–H and O–H groups in total. The van der Waals surface area contributed by atoms with E-state index in [2.05, 4.69) is 0 Å². The van der Waals surface area contributed by atoms with Gasteiger partial charge in [-0.2, -0.15) is 4.31 Å². The molecule has 1 aliphatic rings. The van der Waals surface area contributed by atoms with E-state index in [1.54, 1.807) is 28.6 Å². The van der Waals surface area contributed by atoms with Crippen LogP contribution in [0.25, 0.3) is 0 Å². The maximum atomic E-state index is 12.5. The van der Waals surface area contributed by atoms with Crippen LogP contribution in [0.1, 0.15) is 26.2 Å². The van der Waals surface area contributed by atoms with Gasteiger partial charge < -0.3 is 9.84 Å². The van der Waals surface area contributed by atoms with Crippen molar-refractivity contribution in [2.24, 2.45) is 0 Å². The molecule has 1 saturated carbocycles. The third kappa shape index (κ3) is 3.50. The van der Waals surface area contributed by atoms with E-state index >= 15 is 0 Å². The number of aliphatic hydroxyl groups excluding tert-OH is 1. The van der Waals surface area contributed by atoms with Gasteiger partial charge in [0.25, 0.3) is 0 Å². The highest BCUT2D eigenvalue weighted by atomic mass is 32.2. The van der Waals surface area contributed by atoms with Crippen molar-refractivity contribution >= 4 is 10.0 Å². The fourth-order valence-corrected chi connectivity index (χ4v) is 3.78. The summed E-state index contributed by atoms with van der Waals surface area (Å²) in [4.78, 5) is 0.306. The zero-order valence-electron chi connectivity index (χ0n) is 11.7. The van der Waals surface area contributed by atoms with E-state index in [1.807, 2.05) is 6.92 Å². The molecule has 112 valence electrons. The minimum Gasteiger partial charge on any atom is -0.494 e. The number of rotatable bonds is 8. The van der Waals surface area contributed by atoms with Crippen LogP contribution in [-0.4, -0.2) is 43.6 Å². The SMILES string of the molecule is CCN(C1CC1)S(=O)(=O)c1ccc(OCCCO)cc1. The molecular formula is C14H21NO4S. The molecule has 0 aromatic heterocycles. The van der Waals surface area contributed by atoms with Crippen molar-refractivity contribution in [1.82, 2.24) is 4.31 Å². The minimum absolute atomic E-state index is 0.0827. The number of aliphatic hydroxyl groups is 1. The molecule has 1 aromatic rings. The van der Waals surface area contributed by atoms with Gasteiger partial charge in [0.05, 0.1) is 11.5 Å². The van der Waals surface area contributed by atoms with E-state index in [1.165, 1.54) is 0 Å². The Kier molecular flexibility index (Phi) is 5.01. The molecular weight excluding hydrogens is 278 g/mol. The van der Waals surface area contributed by atoms with Crippen LogP contribution in [0.5, 0.6) is 5.75 Å². The highest BCUT2D eigenvalue weighted by Crippen LogP contribution is 2.32. The number of hydrogen-bond donors (Lipinski definition) is 1. The standard InChI is InChI=1S/C14H21NO4S/c1-2-15(12-4-5-12)20(17,18)14-8-6-13(7-9-14)19-11-3-10-16/h6-9,12,16H,2-5,10-11H2,1H3. The van der Waals surface area contributed by atoms with E-state index in [4.69, 9.17) is 9.84 Å². The molecule has 5 nitrogen and oxygen atoms in total. The van der Waals surface area contributed by atoms with Gasteiger partial charge >= 0.3 is 0 Å². The lowest BCUT2D eigenvalue weighted by Gasteiger charge is -2.20. The summed E-state index contributed by atoms with van der Waals surface area (Å²) in [7, 11) is -3.39. The first-order valence-electron chi connectivity index (χ1n) is 6.95. The molecule has 0 amide bonds. The fourth-order valence-electron chi connectivity index (χ4n) is 2.08. The number of sulfonamides is 1. The van der Waals surface area contributed by atoms with Gasteiger partial charge in [-0.25, -0.2) is 8.42 Å². The van der Waals surface area contributed by atoms with E-state index in [0.717, 1.165) is 12.8 Å². The van der Waals surface area contributed by atoms with Crippen LogP contribution in [0.4, 0.5) is 0 Å². The van der Waals surface area contributed by atoms with Crippen molar-refractivity contribution < 1.29 is 18.3 Å². The highest BCUT2D eigenvalue weighted by molar-refractivity contribution is 7.89. The molecule has 0 atom stereocenters. The average molecular weight is 299 g/mol. The van der Waals surface area contributed by atoms with Crippen LogP contribution in [0, 0.1) is 0 Å². The number of ether oxygens (including phenoxy) is 1. The Hall–Kier alpha value is -1.11. The van der Waals surface area contributed by atoms with Crippen LogP contribution >= 0.6 is 0 Å². The average Bonchev–Trinajstić information content (AvgIpc) is 3.25. The van der Waals surface area contributed by atoms with Gasteiger partial charge in [0.2, 0.25) is 10.0 Å². The van der Waals surface area contributed by atoms with E-state index < -0.39 is 10.0 Å². The molecule has 1 fully saturated rings. The van der Waals surface area contributed by atoms with Gasteiger partial charge in [-0.1, -0.05) is 6.92 Å². The third-order valence-corrected chi connectivity index (χ3v) is 5.31. The van der Waals surface area contributed by atoms with Gasteiger partial charge in [-0.05, 0) is 37.1 Å². The van der Waals surface area contributed by atoms with Crippen molar-refractivity contribution in [2.75, 3.05) is 19.8 Å². The summed E-state index contributed by atoms with van der Waals surface area (Å²) >= 11 is 0. The Morgan fingerprint density at radius 2 is 1.95 bits per heavy atom. The summed E-state index contributed by atoms with van der Waals surface area (Å²) in [5, 5.41) is 8.68. The normalized spacial score (nSPS) is 15.6. The summed E-state index contributed by atoms with van der Waals surface area (Å²) in [5.41, 5.74) is 0. The van der Waals surface area contributed by atoms with Crippen LogP contribution < -0.4 is 4.74 Å². The van der Waals surface area contributed by atoms with Crippen molar-refractivity contribution in [1.29, 1.82) is 0 Å². The minimum atomic E-state index is -3.39. The quantitative estimate of drug-likeness (QED) is 0.741. The zero-order valence-corrected chi connectivity index (χ0v) is 12.5. The first kappa shape index (κ1) is 15.3. The Bertz CT molecular complexity index is 523. The van der Waals surface area contributed by atoms with Crippen molar-refractivity contribution in [3.63, 3.8) is 0 Å². The first-order chi connectivity index (χ1) is 9.59. The summed E-state index contributed by atoms with van der Waals surface area (Å²) in [6.45, 7) is 2.87. The smallest absolute Gasteiger partial charge is 0.243 e. The van der Waals surface area contributed by atoms with Crippen molar-refractivity contribution in [2.45, 2.75) is 37.1 Å². The predicted molar refractivity (Wildman–Crippen MR) is 76.2 cm³/mol. The Balaban J connectivity index is 2.08. The lowest BCUT2D eigenvalue weighted by Crippen LogP contribution is -2.32. The molecule has 20 heavy (non-hydrogen) atoms. The van der Waals surface area contributed by atoms with Gasteiger partial charge in [0.15, 0.2) is 0 Å². The molecule has 0 bridgehead atoms. The van der Waals surface area contributed by atoms with E-state index in [-0.39, 0.29) is 12.6 Å².